The van der Waals surface area contributed by atoms with Crippen LogP contribution in [0.15, 0.2) is 84.9 Å². The molecule has 0 bridgehead atoms. The fourth-order valence-electron chi connectivity index (χ4n) is 3.37. The third-order valence-electron chi connectivity index (χ3n) is 4.47. The van der Waals surface area contributed by atoms with Crippen molar-refractivity contribution < 1.29 is 17.6 Å². The van der Waals surface area contributed by atoms with Crippen LogP contribution in [0.5, 0.6) is 0 Å². The van der Waals surface area contributed by atoms with Crippen LogP contribution in [0.2, 0.25) is 0 Å². The molecule has 4 heteroatoms. The lowest BCUT2D eigenvalue weighted by Crippen LogP contribution is -1.93. The van der Waals surface area contributed by atoms with E-state index in [0.717, 1.165) is 17.7 Å². The Morgan fingerprint density at radius 1 is 0.393 bits per heavy atom. The summed E-state index contributed by atoms with van der Waals surface area (Å²) in [6.07, 6.45) is 0. The summed E-state index contributed by atoms with van der Waals surface area (Å²) < 4.78 is 55.6. The van der Waals surface area contributed by atoms with Crippen molar-refractivity contribution in [2.24, 2.45) is 0 Å². The predicted molar refractivity (Wildman–Crippen MR) is 103 cm³/mol. The van der Waals surface area contributed by atoms with Crippen LogP contribution in [0.25, 0.3) is 33.4 Å². The topological polar surface area (TPSA) is 0 Å². The van der Waals surface area contributed by atoms with E-state index in [1.165, 1.54) is 24.3 Å². The van der Waals surface area contributed by atoms with E-state index in [1.807, 2.05) is 36.4 Å². The van der Waals surface area contributed by atoms with Gasteiger partial charge in [0.1, 0.15) is 23.3 Å². The lowest BCUT2D eigenvalue weighted by molar-refractivity contribution is 0.583. The van der Waals surface area contributed by atoms with Crippen LogP contribution in [-0.4, -0.2) is 0 Å². The first kappa shape index (κ1) is 18.0. The van der Waals surface area contributed by atoms with E-state index in [1.54, 1.807) is 12.1 Å². The van der Waals surface area contributed by atoms with Crippen molar-refractivity contribution >= 4 is 0 Å². The van der Waals surface area contributed by atoms with Crippen molar-refractivity contribution in [1.82, 2.24) is 0 Å². The number of halogens is 4. The van der Waals surface area contributed by atoms with Crippen LogP contribution in [0.4, 0.5) is 17.6 Å². The second kappa shape index (κ2) is 7.31. The molecule has 0 heterocycles. The maximum absolute atomic E-state index is 14.0. The molecule has 4 rings (SSSR count). The molecule has 0 nitrogen and oxygen atoms in total. The molecule has 0 saturated carbocycles. The van der Waals surface area contributed by atoms with Gasteiger partial charge < -0.3 is 0 Å². The van der Waals surface area contributed by atoms with E-state index >= 15 is 0 Å². The van der Waals surface area contributed by atoms with Gasteiger partial charge in [-0.25, -0.2) is 17.6 Å². The molecule has 4 aromatic rings. The van der Waals surface area contributed by atoms with Gasteiger partial charge in [0.25, 0.3) is 0 Å². The smallest absolute Gasteiger partial charge is 0.126 e. The summed E-state index contributed by atoms with van der Waals surface area (Å²) in [5, 5.41) is 0. The molecule has 0 unspecified atom stereocenters. The van der Waals surface area contributed by atoms with Gasteiger partial charge in [-0.15, -0.1) is 0 Å². The minimum Gasteiger partial charge on any atom is -0.207 e. The minimum absolute atomic E-state index is 0.287. The molecule has 0 amide bonds. The first-order valence-electron chi connectivity index (χ1n) is 8.62. The summed E-state index contributed by atoms with van der Waals surface area (Å²) >= 11 is 0. The van der Waals surface area contributed by atoms with Gasteiger partial charge in [-0.1, -0.05) is 48.5 Å². The average molecular weight is 378 g/mol. The Morgan fingerprint density at radius 2 is 0.857 bits per heavy atom. The molecule has 0 aromatic heterocycles. The molecule has 0 saturated heterocycles. The Bertz CT molecular complexity index is 1110. The second-order valence-electron chi connectivity index (χ2n) is 6.41. The van der Waals surface area contributed by atoms with E-state index in [-0.39, 0.29) is 11.1 Å². The monoisotopic (exact) mass is 378 g/mol. The maximum atomic E-state index is 14.0. The van der Waals surface area contributed by atoms with Crippen LogP contribution in [0, 0.1) is 23.3 Å². The normalized spacial score (nSPS) is 10.9. The fourth-order valence-corrected chi connectivity index (χ4v) is 3.37. The number of benzene rings is 4. The summed E-state index contributed by atoms with van der Waals surface area (Å²) in [6.45, 7) is 0. The molecular weight excluding hydrogens is 364 g/mol. The van der Waals surface area contributed by atoms with Crippen molar-refractivity contribution in [1.29, 1.82) is 0 Å². The predicted octanol–water partition coefficient (Wildman–Crippen LogP) is 7.24. The summed E-state index contributed by atoms with van der Waals surface area (Å²) in [7, 11) is 0. The van der Waals surface area contributed by atoms with Crippen molar-refractivity contribution in [3.05, 3.63) is 108 Å². The highest BCUT2D eigenvalue weighted by molar-refractivity contribution is 5.94. The molecule has 0 atom stereocenters. The van der Waals surface area contributed by atoms with Crippen molar-refractivity contribution in [3.63, 3.8) is 0 Å². The lowest BCUT2D eigenvalue weighted by Gasteiger charge is -2.16. The number of hydrogen-bond donors (Lipinski definition) is 0. The molecule has 138 valence electrons. The Labute approximate surface area is 159 Å². The molecule has 0 aliphatic heterocycles. The van der Waals surface area contributed by atoms with Crippen LogP contribution in [-0.2, 0) is 0 Å². The average Bonchev–Trinajstić information content (AvgIpc) is 2.66. The van der Waals surface area contributed by atoms with Gasteiger partial charge in [0.05, 0.1) is 0 Å². The summed E-state index contributed by atoms with van der Waals surface area (Å²) in [5.41, 5.74) is 3.07. The van der Waals surface area contributed by atoms with E-state index in [0.29, 0.717) is 16.7 Å². The quantitative estimate of drug-likeness (QED) is 0.330. The van der Waals surface area contributed by atoms with Crippen molar-refractivity contribution in [3.8, 4) is 33.4 Å². The maximum Gasteiger partial charge on any atom is 0.126 e. The highest BCUT2D eigenvalue weighted by Gasteiger charge is 2.16. The third-order valence-corrected chi connectivity index (χ3v) is 4.47. The zero-order chi connectivity index (χ0) is 19.7. The van der Waals surface area contributed by atoms with E-state index in [9.17, 15) is 17.6 Å². The first-order valence-corrected chi connectivity index (χ1v) is 8.62. The third kappa shape index (κ3) is 3.54. The largest absolute Gasteiger partial charge is 0.207 e. The summed E-state index contributed by atoms with van der Waals surface area (Å²) in [5.74, 6) is -2.91. The SMILES string of the molecule is Fc1cc(F)cc(-c2cccc(-c3ccccc3)c2-c2cc(F)cc(F)c2)c1. The minimum atomic E-state index is -0.728. The van der Waals surface area contributed by atoms with Crippen LogP contribution in [0.3, 0.4) is 0 Å². The lowest BCUT2D eigenvalue weighted by atomic mass is 9.87. The molecule has 4 aromatic carbocycles. The van der Waals surface area contributed by atoms with Gasteiger partial charge in [0.2, 0.25) is 0 Å². The van der Waals surface area contributed by atoms with Gasteiger partial charge in [-0.3, -0.25) is 0 Å². The molecule has 0 radical (unpaired) electrons. The van der Waals surface area contributed by atoms with E-state index < -0.39 is 23.3 Å². The van der Waals surface area contributed by atoms with Crippen LogP contribution in [0.1, 0.15) is 0 Å². The second-order valence-corrected chi connectivity index (χ2v) is 6.41. The molecule has 0 fully saturated rings. The van der Waals surface area contributed by atoms with Crippen molar-refractivity contribution in [2.75, 3.05) is 0 Å². The molecular formula is C24H14F4. The summed E-state index contributed by atoms with van der Waals surface area (Å²) in [4.78, 5) is 0. The summed E-state index contributed by atoms with van der Waals surface area (Å²) in [6, 6.07) is 20.9. The van der Waals surface area contributed by atoms with Gasteiger partial charge >= 0.3 is 0 Å². The van der Waals surface area contributed by atoms with E-state index in [2.05, 4.69) is 0 Å². The van der Waals surface area contributed by atoms with E-state index in [4.69, 9.17) is 0 Å². The molecule has 0 N–H and O–H groups in total. The Balaban J connectivity index is 2.07. The Kier molecular flexibility index (Phi) is 4.70. The fraction of sp³-hybridized carbons (Fsp3) is 0. The Morgan fingerprint density at radius 3 is 1.39 bits per heavy atom. The Hall–Kier alpha value is -3.40. The van der Waals surface area contributed by atoms with Crippen LogP contribution < -0.4 is 0 Å². The highest BCUT2D eigenvalue weighted by Crippen LogP contribution is 2.40. The highest BCUT2D eigenvalue weighted by atomic mass is 19.1. The van der Waals surface area contributed by atoms with Crippen LogP contribution >= 0.6 is 0 Å². The van der Waals surface area contributed by atoms with Gasteiger partial charge in [0.15, 0.2) is 0 Å². The zero-order valence-electron chi connectivity index (χ0n) is 14.6. The standard InChI is InChI=1S/C24H14F4/c25-18-9-16(10-19(26)13-18)23-8-4-7-22(15-5-2-1-3-6-15)24(23)17-11-20(27)14-21(28)12-17/h1-14H. The van der Waals surface area contributed by atoms with Gasteiger partial charge in [0, 0.05) is 12.1 Å². The molecule has 28 heavy (non-hydrogen) atoms. The number of rotatable bonds is 3. The van der Waals surface area contributed by atoms with Crippen molar-refractivity contribution in [2.45, 2.75) is 0 Å². The van der Waals surface area contributed by atoms with Gasteiger partial charge in [-0.05, 0) is 57.6 Å². The molecule has 0 aliphatic rings. The van der Waals surface area contributed by atoms with Gasteiger partial charge in [-0.2, -0.15) is 0 Å². The molecule has 0 aliphatic carbocycles. The first-order chi connectivity index (χ1) is 13.5. The molecule has 0 spiro atoms. The number of hydrogen-bond acceptors (Lipinski definition) is 0. The zero-order valence-corrected chi connectivity index (χ0v) is 14.6.